The van der Waals surface area contributed by atoms with E-state index in [4.69, 9.17) is 19.7 Å². The summed E-state index contributed by atoms with van der Waals surface area (Å²) in [5.41, 5.74) is 7.73. The molecular weight excluding hydrogens is 268 g/mol. The van der Waals surface area contributed by atoms with Gasteiger partial charge in [-0.05, 0) is 26.8 Å². The van der Waals surface area contributed by atoms with Crippen molar-refractivity contribution in [1.29, 1.82) is 0 Å². The lowest BCUT2D eigenvalue weighted by Crippen LogP contribution is -2.37. The predicted octanol–water partition coefficient (Wildman–Crippen LogP) is 3.12. The Hall–Kier alpha value is -2.01. The molecule has 0 saturated carbocycles. The van der Waals surface area contributed by atoms with Gasteiger partial charge in [0, 0.05) is 30.2 Å². The summed E-state index contributed by atoms with van der Waals surface area (Å²) in [6, 6.07) is 7.62. The normalized spacial score (nSPS) is 19.7. The molecule has 0 aliphatic carbocycles. The van der Waals surface area contributed by atoms with Gasteiger partial charge in [-0.25, -0.2) is 0 Å². The van der Waals surface area contributed by atoms with E-state index < -0.39 is 0 Å². The van der Waals surface area contributed by atoms with Crippen LogP contribution in [-0.4, -0.2) is 10.8 Å². The third-order valence-electron chi connectivity index (χ3n) is 3.55. The predicted molar refractivity (Wildman–Crippen MR) is 78.3 cm³/mol. The summed E-state index contributed by atoms with van der Waals surface area (Å²) in [5.74, 6) is 2.31. The molecule has 1 atom stereocenters. The molecule has 21 heavy (non-hydrogen) atoms. The first kappa shape index (κ1) is 13.9. The van der Waals surface area contributed by atoms with Gasteiger partial charge in [-0.15, -0.1) is 0 Å². The highest BCUT2D eigenvalue weighted by atomic mass is 16.5. The van der Waals surface area contributed by atoms with Gasteiger partial charge in [0.25, 0.3) is 0 Å². The third kappa shape index (κ3) is 3.03. The average Bonchev–Trinajstić information content (AvgIpc) is 2.80. The van der Waals surface area contributed by atoms with Crippen molar-refractivity contribution in [3.8, 4) is 11.5 Å². The molecule has 2 aromatic rings. The van der Waals surface area contributed by atoms with E-state index >= 15 is 0 Å². The molecule has 1 aliphatic rings. The molecule has 5 heteroatoms. The minimum atomic E-state index is -0.256. The number of aromatic nitrogens is 1. The van der Waals surface area contributed by atoms with Crippen LogP contribution in [0.4, 0.5) is 0 Å². The van der Waals surface area contributed by atoms with Crippen LogP contribution >= 0.6 is 0 Å². The molecular formula is C16H20N2O3. The van der Waals surface area contributed by atoms with Gasteiger partial charge < -0.3 is 19.7 Å². The summed E-state index contributed by atoms with van der Waals surface area (Å²) in [5, 5.41) is 3.90. The molecule has 3 rings (SSSR count). The van der Waals surface area contributed by atoms with E-state index in [2.05, 4.69) is 5.16 Å². The summed E-state index contributed by atoms with van der Waals surface area (Å²) >= 11 is 0. The highest BCUT2D eigenvalue weighted by molar-refractivity contribution is 5.44. The van der Waals surface area contributed by atoms with E-state index in [0.717, 1.165) is 34.9 Å². The van der Waals surface area contributed by atoms with Gasteiger partial charge in [-0.2, -0.15) is 0 Å². The number of fused-ring (bicyclic) bond motifs is 1. The minimum absolute atomic E-state index is 0.00371. The van der Waals surface area contributed by atoms with Crippen LogP contribution in [0.2, 0.25) is 0 Å². The maximum Gasteiger partial charge on any atom is 0.134 e. The number of benzene rings is 1. The van der Waals surface area contributed by atoms with E-state index in [1.165, 1.54) is 0 Å². The first-order valence-electron chi connectivity index (χ1n) is 7.06. The third-order valence-corrected chi connectivity index (χ3v) is 3.55. The van der Waals surface area contributed by atoms with Crippen LogP contribution in [0.5, 0.6) is 11.5 Å². The Morgan fingerprint density at radius 2 is 2.19 bits per heavy atom. The molecule has 2 heterocycles. The van der Waals surface area contributed by atoms with Crippen molar-refractivity contribution in [3.05, 3.63) is 41.3 Å². The zero-order valence-corrected chi connectivity index (χ0v) is 12.6. The van der Waals surface area contributed by atoms with Gasteiger partial charge in [0.05, 0.1) is 0 Å². The van der Waals surface area contributed by atoms with Crippen molar-refractivity contribution in [2.24, 2.45) is 5.73 Å². The second kappa shape index (κ2) is 5.07. The fraction of sp³-hybridized carbons (Fsp3) is 0.438. The number of ether oxygens (including phenoxy) is 2. The van der Waals surface area contributed by atoms with E-state index in [-0.39, 0.29) is 11.6 Å². The van der Waals surface area contributed by atoms with Crippen molar-refractivity contribution in [2.45, 2.75) is 45.4 Å². The van der Waals surface area contributed by atoms with Crippen LogP contribution in [0.15, 0.2) is 28.8 Å². The van der Waals surface area contributed by atoms with Crippen molar-refractivity contribution in [1.82, 2.24) is 5.16 Å². The average molecular weight is 288 g/mol. The zero-order valence-electron chi connectivity index (χ0n) is 12.6. The van der Waals surface area contributed by atoms with Crippen LogP contribution in [0.1, 0.15) is 43.3 Å². The van der Waals surface area contributed by atoms with E-state index in [9.17, 15) is 0 Å². The Labute approximate surface area is 124 Å². The molecule has 2 N–H and O–H groups in total. The lowest BCUT2D eigenvalue weighted by molar-refractivity contribution is 0.0724. The van der Waals surface area contributed by atoms with Crippen LogP contribution in [0, 0.1) is 6.92 Å². The number of hydrogen-bond donors (Lipinski definition) is 1. The van der Waals surface area contributed by atoms with Crippen molar-refractivity contribution in [2.75, 3.05) is 0 Å². The molecule has 1 aromatic carbocycles. The van der Waals surface area contributed by atoms with Crippen molar-refractivity contribution in [3.63, 3.8) is 0 Å². The molecule has 1 aliphatic heterocycles. The van der Waals surface area contributed by atoms with E-state index in [1.54, 1.807) is 0 Å². The molecule has 0 bridgehead atoms. The molecule has 112 valence electrons. The number of aryl methyl sites for hydroxylation is 1. The molecule has 0 radical (unpaired) electrons. The highest BCUT2D eigenvalue weighted by Gasteiger charge is 2.31. The van der Waals surface area contributed by atoms with E-state index in [1.807, 2.05) is 45.0 Å². The van der Waals surface area contributed by atoms with E-state index in [0.29, 0.717) is 6.61 Å². The maximum absolute atomic E-state index is 6.20. The summed E-state index contributed by atoms with van der Waals surface area (Å²) in [6.07, 6.45) is 0.804. The molecule has 1 unspecified atom stereocenters. The largest absolute Gasteiger partial charge is 0.487 e. The minimum Gasteiger partial charge on any atom is -0.487 e. The fourth-order valence-electron chi connectivity index (χ4n) is 2.62. The first-order chi connectivity index (χ1) is 9.93. The Kier molecular flexibility index (Phi) is 3.37. The van der Waals surface area contributed by atoms with Crippen molar-refractivity contribution < 1.29 is 14.0 Å². The van der Waals surface area contributed by atoms with Gasteiger partial charge in [-0.3, -0.25) is 0 Å². The molecule has 0 amide bonds. The fourth-order valence-corrected chi connectivity index (χ4v) is 2.62. The highest BCUT2D eigenvalue weighted by Crippen LogP contribution is 2.40. The Balaban J connectivity index is 1.76. The SMILES string of the molecule is Cc1cc(COc2ccc3c(c2)OC(C)(C)CC3N)no1. The Bertz CT molecular complexity index is 649. The molecule has 0 spiro atoms. The standard InChI is InChI=1S/C16H20N2O3/c1-10-6-11(18-21-10)9-19-12-4-5-13-14(17)8-16(2,3)20-15(13)7-12/h4-7,14H,8-9,17H2,1-3H3. The molecule has 1 aromatic heterocycles. The van der Waals surface area contributed by atoms with Crippen LogP contribution < -0.4 is 15.2 Å². The number of rotatable bonds is 3. The quantitative estimate of drug-likeness (QED) is 0.939. The van der Waals surface area contributed by atoms with Crippen molar-refractivity contribution >= 4 is 0 Å². The monoisotopic (exact) mass is 288 g/mol. The smallest absolute Gasteiger partial charge is 0.134 e. The maximum atomic E-state index is 6.20. The number of nitrogens with zero attached hydrogens (tertiary/aromatic N) is 1. The summed E-state index contributed by atoms with van der Waals surface area (Å²) in [7, 11) is 0. The summed E-state index contributed by atoms with van der Waals surface area (Å²) in [6.45, 7) is 6.31. The van der Waals surface area contributed by atoms with Gasteiger partial charge in [0.15, 0.2) is 0 Å². The van der Waals surface area contributed by atoms with Crippen LogP contribution in [-0.2, 0) is 6.61 Å². The zero-order chi connectivity index (χ0) is 15.0. The molecule has 0 saturated heterocycles. The van der Waals surface area contributed by atoms with Crippen LogP contribution in [0.25, 0.3) is 0 Å². The summed E-state index contributed by atoms with van der Waals surface area (Å²) in [4.78, 5) is 0. The number of nitrogens with two attached hydrogens (primary N) is 1. The van der Waals surface area contributed by atoms with Gasteiger partial charge >= 0.3 is 0 Å². The summed E-state index contributed by atoms with van der Waals surface area (Å²) < 4.78 is 16.7. The van der Waals surface area contributed by atoms with Crippen LogP contribution in [0.3, 0.4) is 0 Å². The lowest BCUT2D eigenvalue weighted by Gasteiger charge is -2.36. The first-order valence-corrected chi connectivity index (χ1v) is 7.06. The second-order valence-electron chi connectivity index (χ2n) is 6.09. The van der Waals surface area contributed by atoms with Gasteiger partial charge in [-0.1, -0.05) is 11.2 Å². The number of hydrogen-bond acceptors (Lipinski definition) is 5. The second-order valence-corrected chi connectivity index (χ2v) is 6.09. The van der Waals surface area contributed by atoms with Gasteiger partial charge in [0.1, 0.15) is 35.2 Å². The lowest BCUT2D eigenvalue weighted by atomic mass is 9.90. The molecule has 5 nitrogen and oxygen atoms in total. The molecule has 0 fully saturated rings. The Morgan fingerprint density at radius 1 is 1.38 bits per heavy atom. The van der Waals surface area contributed by atoms with Gasteiger partial charge in [0.2, 0.25) is 0 Å². The topological polar surface area (TPSA) is 70.5 Å². The Morgan fingerprint density at radius 3 is 2.90 bits per heavy atom.